The smallest absolute Gasteiger partial charge is 0.123 e. The van der Waals surface area contributed by atoms with Gasteiger partial charge in [-0.25, -0.2) is 4.39 Å². The van der Waals surface area contributed by atoms with Gasteiger partial charge < -0.3 is 11.1 Å². The number of aromatic amines is 1. The SMILES string of the molecule is CCCN1CCCCC1.Cc1cc(-c2cn[nH]c2-c2ccc(F)cc2)ccn1.N. The van der Waals surface area contributed by atoms with Crippen molar-refractivity contribution in [2.24, 2.45) is 0 Å². The van der Waals surface area contributed by atoms with Crippen molar-refractivity contribution in [2.45, 2.75) is 39.5 Å². The molecule has 3 aromatic rings. The van der Waals surface area contributed by atoms with Crippen LogP contribution in [0.3, 0.4) is 0 Å². The van der Waals surface area contributed by atoms with E-state index in [1.807, 2.05) is 19.1 Å². The summed E-state index contributed by atoms with van der Waals surface area (Å²) in [5, 5.41) is 7.05. The summed E-state index contributed by atoms with van der Waals surface area (Å²) in [6, 6.07) is 10.3. The third kappa shape index (κ3) is 6.48. The van der Waals surface area contributed by atoms with Gasteiger partial charge in [0.05, 0.1) is 11.9 Å². The van der Waals surface area contributed by atoms with Gasteiger partial charge in [0, 0.05) is 23.0 Å². The van der Waals surface area contributed by atoms with Crippen LogP contribution in [0, 0.1) is 12.7 Å². The third-order valence-electron chi connectivity index (χ3n) is 4.97. The maximum Gasteiger partial charge on any atom is 0.123 e. The summed E-state index contributed by atoms with van der Waals surface area (Å²) < 4.78 is 13.0. The molecule has 1 fully saturated rings. The van der Waals surface area contributed by atoms with Crippen molar-refractivity contribution in [1.29, 1.82) is 0 Å². The van der Waals surface area contributed by atoms with Gasteiger partial charge in [-0.1, -0.05) is 13.3 Å². The van der Waals surface area contributed by atoms with Gasteiger partial charge in [-0.3, -0.25) is 10.1 Å². The number of H-pyrrole nitrogens is 1. The Morgan fingerprint density at radius 2 is 1.76 bits per heavy atom. The van der Waals surface area contributed by atoms with E-state index in [0.717, 1.165) is 28.1 Å². The lowest BCUT2D eigenvalue weighted by molar-refractivity contribution is 0.229. The van der Waals surface area contributed by atoms with Crippen LogP contribution in [0.25, 0.3) is 22.4 Å². The van der Waals surface area contributed by atoms with E-state index >= 15 is 0 Å². The predicted molar refractivity (Wildman–Crippen MR) is 118 cm³/mol. The van der Waals surface area contributed by atoms with E-state index < -0.39 is 0 Å². The van der Waals surface area contributed by atoms with E-state index in [4.69, 9.17) is 0 Å². The second-order valence-corrected chi connectivity index (χ2v) is 7.25. The molecule has 0 unspecified atom stereocenters. The van der Waals surface area contributed by atoms with Crippen LogP contribution in [0.4, 0.5) is 4.39 Å². The predicted octanol–water partition coefficient (Wildman–Crippen LogP) is 5.63. The first kappa shape index (κ1) is 22.7. The van der Waals surface area contributed by atoms with Crippen molar-refractivity contribution in [3.05, 3.63) is 60.3 Å². The zero-order valence-corrected chi connectivity index (χ0v) is 17.5. The van der Waals surface area contributed by atoms with Crippen LogP contribution in [0.1, 0.15) is 38.3 Å². The van der Waals surface area contributed by atoms with E-state index in [-0.39, 0.29) is 12.0 Å². The Kier molecular flexibility index (Phi) is 8.96. The van der Waals surface area contributed by atoms with Crippen molar-refractivity contribution in [3.8, 4) is 22.4 Å². The molecule has 1 aliphatic heterocycles. The number of aromatic nitrogens is 3. The number of aryl methyl sites for hydroxylation is 1. The van der Waals surface area contributed by atoms with E-state index in [9.17, 15) is 4.39 Å². The minimum absolute atomic E-state index is 0. The molecule has 3 heterocycles. The second kappa shape index (κ2) is 11.4. The molecule has 0 amide bonds. The number of pyridine rings is 1. The summed E-state index contributed by atoms with van der Waals surface area (Å²) in [5.41, 5.74) is 4.76. The molecule has 0 spiro atoms. The first-order valence-electron chi connectivity index (χ1n) is 10.1. The lowest BCUT2D eigenvalue weighted by Crippen LogP contribution is -2.30. The van der Waals surface area contributed by atoms with Crippen molar-refractivity contribution >= 4 is 0 Å². The molecular formula is C23H32FN5. The zero-order valence-electron chi connectivity index (χ0n) is 17.5. The van der Waals surface area contributed by atoms with Gasteiger partial charge in [-0.15, -0.1) is 0 Å². The van der Waals surface area contributed by atoms with Crippen LogP contribution < -0.4 is 6.15 Å². The summed E-state index contributed by atoms with van der Waals surface area (Å²) >= 11 is 0. The van der Waals surface area contributed by atoms with Crippen molar-refractivity contribution < 1.29 is 4.39 Å². The molecule has 0 bridgehead atoms. The van der Waals surface area contributed by atoms with Gasteiger partial charge >= 0.3 is 0 Å². The van der Waals surface area contributed by atoms with Crippen molar-refractivity contribution in [2.75, 3.05) is 19.6 Å². The zero-order chi connectivity index (χ0) is 19.8. The van der Waals surface area contributed by atoms with Crippen LogP contribution in [-0.2, 0) is 0 Å². The summed E-state index contributed by atoms with van der Waals surface area (Å²) in [6.07, 6.45) is 9.18. The molecule has 156 valence electrons. The van der Waals surface area contributed by atoms with Gasteiger partial charge in [0.25, 0.3) is 0 Å². The highest BCUT2D eigenvalue weighted by atomic mass is 19.1. The standard InChI is InChI=1S/C15H12FN3.C8H17N.H3N/c1-10-8-12(6-7-17-10)14-9-18-19-15(14)11-2-4-13(16)5-3-11;1-2-6-9-7-4-3-5-8-9;/h2-9H,1H3,(H,18,19);2-8H2,1H3;1H3. The molecule has 0 saturated carbocycles. The fourth-order valence-electron chi connectivity index (χ4n) is 3.55. The minimum Gasteiger partial charge on any atom is -0.344 e. The van der Waals surface area contributed by atoms with Gasteiger partial charge in [-0.2, -0.15) is 5.10 Å². The van der Waals surface area contributed by atoms with Gasteiger partial charge in [0.1, 0.15) is 5.82 Å². The maximum atomic E-state index is 13.0. The Bertz CT molecular complexity index is 851. The Morgan fingerprint density at radius 1 is 1.03 bits per heavy atom. The molecule has 1 aromatic carbocycles. The normalized spacial score (nSPS) is 13.9. The Morgan fingerprint density at radius 3 is 2.41 bits per heavy atom. The number of rotatable bonds is 4. The molecule has 29 heavy (non-hydrogen) atoms. The fraction of sp³-hybridized carbons (Fsp3) is 0.391. The van der Waals surface area contributed by atoms with Gasteiger partial charge in [0.15, 0.2) is 0 Å². The summed E-state index contributed by atoms with van der Waals surface area (Å²) in [6.45, 7) is 8.23. The summed E-state index contributed by atoms with van der Waals surface area (Å²) in [5.74, 6) is -0.246. The van der Waals surface area contributed by atoms with E-state index in [2.05, 4.69) is 27.0 Å². The first-order valence-corrected chi connectivity index (χ1v) is 10.1. The summed E-state index contributed by atoms with van der Waals surface area (Å²) in [4.78, 5) is 6.76. The van der Waals surface area contributed by atoms with Crippen LogP contribution >= 0.6 is 0 Å². The topological polar surface area (TPSA) is 79.8 Å². The van der Waals surface area contributed by atoms with E-state index in [0.29, 0.717) is 0 Å². The molecule has 1 aliphatic rings. The van der Waals surface area contributed by atoms with Crippen molar-refractivity contribution in [1.82, 2.24) is 26.2 Å². The second-order valence-electron chi connectivity index (χ2n) is 7.25. The third-order valence-corrected chi connectivity index (χ3v) is 4.97. The number of nitrogens with zero attached hydrogens (tertiary/aromatic N) is 3. The molecule has 6 heteroatoms. The van der Waals surface area contributed by atoms with E-state index in [1.165, 1.54) is 57.5 Å². The highest BCUT2D eigenvalue weighted by Gasteiger charge is 2.10. The highest BCUT2D eigenvalue weighted by molar-refractivity contribution is 5.80. The first-order chi connectivity index (χ1) is 13.7. The van der Waals surface area contributed by atoms with E-state index in [1.54, 1.807) is 24.5 Å². The Hall–Kier alpha value is -2.57. The molecule has 2 aromatic heterocycles. The molecule has 4 N–H and O–H groups in total. The van der Waals surface area contributed by atoms with Gasteiger partial charge in [-0.05, 0) is 87.8 Å². The fourth-order valence-corrected chi connectivity index (χ4v) is 3.55. The lowest BCUT2D eigenvalue weighted by atomic mass is 10.0. The van der Waals surface area contributed by atoms with Crippen molar-refractivity contribution in [3.63, 3.8) is 0 Å². The van der Waals surface area contributed by atoms with Crippen LogP contribution in [0.15, 0.2) is 48.8 Å². The average molecular weight is 398 g/mol. The number of benzene rings is 1. The highest BCUT2D eigenvalue weighted by Crippen LogP contribution is 2.30. The van der Waals surface area contributed by atoms with Crippen LogP contribution in [0.5, 0.6) is 0 Å². The number of nitrogens with one attached hydrogen (secondary N) is 1. The largest absolute Gasteiger partial charge is 0.344 e. The Balaban J connectivity index is 0.000000255. The molecule has 0 aliphatic carbocycles. The number of likely N-dealkylation sites (tertiary alicyclic amines) is 1. The number of hydrogen-bond acceptors (Lipinski definition) is 4. The average Bonchev–Trinajstić information content (AvgIpc) is 3.20. The molecule has 5 nitrogen and oxygen atoms in total. The quantitative estimate of drug-likeness (QED) is 0.598. The Labute approximate surface area is 173 Å². The number of piperidine rings is 1. The summed E-state index contributed by atoms with van der Waals surface area (Å²) in [7, 11) is 0. The van der Waals surface area contributed by atoms with Gasteiger partial charge in [0.2, 0.25) is 0 Å². The number of hydrogen-bond donors (Lipinski definition) is 2. The molecular weight excluding hydrogens is 365 g/mol. The molecule has 0 atom stereocenters. The monoisotopic (exact) mass is 397 g/mol. The lowest BCUT2D eigenvalue weighted by Gasteiger charge is -2.25. The number of halogens is 1. The molecule has 0 radical (unpaired) electrons. The minimum atomic E-state index is -0.246. The molecule has 1 saturated heterocycles. The maximum absolute atomic E-state index is 13.0. The van der Waals surface area contributed by atoms with Crippen LogP contribution in [-0.4, -0.2) is 39.7 Å². The molecule has 4 rings (SSSR count). The van der Waals surface area contributed by atoms with Crippen LogP contribution in [0.2, 0.25) is 0 Å².